The molecule has 14 heavy (non-hydrogen) atoms. The standard InChI is InChI=1S/C10H12FNO2/c1-6-2-3-7(11)4-8(6)9(5-12)10(13)14/h2-4,9H,5,12H2,1H3,(H,13,14). The lowest BCUT2D eigenvalue weighted by Crippen LogP contribution is -2.22. The van der Waals surface area contributed by atoms with Gasteiger partial charge in [-0.25, -0.2) is 4.39 Å². The van der Waals surface area contributed by atoms with Gasteiger partial charge in [0.05, 0.1) is 5.92 Å². The normalized spacial score (nSPS) is 12.5. The summed E-state index contributed by atoms with van der Waals surface area (Å²) in [6.45, 7) is 1.71. The van der Waals surface area contributed by atoms with Gasteiger partial charge in [-0.05, 0) is 30.2 Å². The molecular weight excluding hydrogens is 185 g/mol. The molecule has 0 amide bonds. The minimum Gasteiger partial charge on any atom is -0.481 e. The maximum Gasteiger partial charge on any atom is 0.312 e. The lowest BCUT2D eigenvalue weighted by atomic mass is 9.95. The van der Waals surface area contributed by atoms with Gasteiger partial charge in [0.2, 0.25) is 0 Å². The molecule has 3 N–H and O–H groups in total. The molecule has 1 aromatic carbocycles. The molecular formula is C10H12FNO2. The largest absolute Gasteiger partial charge is 0.481 e. The van der Waals surface area contributed by atoms with Crippen LogP contribution < -0.4 is 5.73 Å². The highest BCUT2D eigenvalue weighted by molar-refractivity contribution is 5.76. The number of carbonyl (C=O) groups is 1. The first-order chi connectivity index (χ1) is 6.56. The van der Waals surface area contributed by atoms with E-state index in [1.807, 2.05) is 0 Å². The lowest BCUT2D eigenvalue weighted by molar-refractivity contribution is -0.138. The van der Waals surface area contributed by atoms with Crippen molar-refractivity contribution in [3.8, 4) is 0 Å². The van der Waals surface area contributed by atoms with Gasteiger partial charge in [-0.1, -0.05) is 6.07 Å². The summed E-state index contributed by atoms with van der Waals surface area (Å²) < 4.78 is 12.9. The summed E-state index contributed by atoms with van der Waals surface area (Å²) in [7, 11) is 0. The molecule has 1 aromatic rings. The average Bonchev–Trinajstić information content (AvgIpc) is 2.11. The number of carboxylic acid groups (broad SMARTS) is 1. The second-order valence-corrected chi connectivity index (χ2v) is 3.13. The molecule has 0 aliphatic rings. The van der Waals surface area contributed by atoms with Gasteiger partial charge >= 0.3 is 5.97 Å². The fourth-order valence-electron chi connectivity index (χ4n) is 1.35. The zero-order valence-electron chi connectivity index (χ0n) is 7.83. The highest BCUT2D eigenvalue weighted by Gasteiger charge is 2.20. The van der Waals surface area contributed by atoms with E-state index in [-0.39, 0.29) is 6.54 Å². The van der Waals surface area contributed by atoms with E-state index in [4.69, 9.17) is 10.8 Å². The highest BCUT2D eigenvalue weighted by atomic mass is 19.1. The van der Waals surface area contributed by atoms with Crippen LogP contribution in [0, 0.1) is 12.7 Å². The molecule has 0 spiro atoms. The van der Waals surface area contributed by atoms with Gasteiger partial charge < -0.3 is 10.8 Å². The fourth-order valence-corrected chi connectivity index (χ4v) is 1.35. The number of hydrogen-bond acceptors (Lipinski definition) is 2. The third kappa shape index (κ3) is 2.09. The Hall–Kier alpha value is -1.42. The van der Waals surface area contributed by atoms with Crippen LogP contribution in [0.3, 0.4) is 0 Å². The zero-order valence-corrected chi connectivity index (χ0v) is 7.83. The van der Waals surface area contributed by atoms with Crippen molar-refractivity contribution < 1.29 is 14.3 Å². The maximum absolute atomic E-state index is 12.9. The molecule has 0 aliphatic carbocycles. The number of nitrogens with two attached hydrogens (primary N) is 1. The Morgan fingerprint density at radius 1 is 1.64 bits per heavy atom. The van der Waals surface area contributed by atoms with E-state index < -0.39 is 17.7 Å². The number of benzene rings is 1. The molecule has 0 bridgehead atoms. The Labute approximate surface area is 81.4 Å². The molecule has 0 saturated heterocycles. The van der Waals surface area contributed by atoms with Gasteiger partial charge in [0.25, 0.3) is 0 Å². The van der Waals surface area contributed by atoms with Gasteiger partial charge in [0.15, 0.2) is 0 Å². The molecule has 0 heterocycles. The first-order valence-corrected chi connectivity index (χ1v) is 4.25. The van der Waals surface area contributed by atoms with Crippen LogP contribution in [0.1, 0.15) is 17.0 Å². The highest BCUT2D eigenvalue weighted by Crippen LogP contribution is 2.20. The monoisotopic (exact) mass is 197 g/mol. The van der Waals surface area contributed by atoms with E-state index in [1.165, 1.54) is 12.1 Å². The molecule has 76 valence electrons. The lowest BCUT2D eigenvalue weighted by Gasteiger charge is -2.12. The average molecular weight is 197 g/mol. The van der Waals surface area contributed by atoms with E-state index >= 15 is 0 Å². The number of rotatable bonds is 3. The quantitative estimate of drug-likeness (QED) is 0.766. The topological polar surface area (TPSA) is 63.3 Å². The number of carboxylic acids is 1. The zero-order chi connectivity index (χ0) is 10.7. The molecule has 1 unspecified atom stereocenters. The van der Waals surface area contributed by atoms with Crippen LogP contribution in [0.4, 0.5) is 4.39 Å². The van der Waals surface area contributed by atoms with E-state index in [9.17, 15) is 9.18 Å². The van der Waals surface area contributed by atoms with Crippen LogP contribution in [0.25, 0.3) is 0 Å². The smallest absolute Gasteiger partial charge is 0.312 e. The maximum atomic E-state index is 12.9. The van der Waals surface area contributed by atoms with Crippen molar-refractivity contribution >= 4 is 5.97 Å². The van der Waals surface area contributed by atoms with E-state index in [2.05, 4.69) is 0 Å². The number of halogens is 1. The van der Waals surface area contributed by atoms with Crippen LogP contribution in [-0.2, 0) is 4.79 Å². The first-order valence-electron chi connectivity index (χ1n) is 4.25. The van der Waals surface area contributed by atoms with Crippen molar-refractivity contribution in [1.29, 1.82) is 0 Å². The summed E-state index contributed by atoms with van der Waals surface area (Å²) >= 11 is 0. The second kappa shape index (κ2) is 4.19. The molecule has 1 rings (SSSR count). The molecule has 3 nitrogen and oxygen atoms in total. The van der Waals surface area contributed by atoms with Gasteiger partial charge in [-0.3, -0.25) is 4.79 Å². The van der Waals surface area contributed by atoms with Crippen LogP contribution in [0.15, 0.2) is 18.2 Å². The Kier molecular flexibility index (Phi) is 3.19. The molecule has 1 atom stereocenters. The summed E-state index contributed by atoms with van der Waals surface area (Å²) in [4.78, 5) is 10.8. The number of aliphatic carboxylic acids is 1. The molecule has 0 aliphatic heterocycles. The summed E-state index contributed by atoms with van der Waals surface area (Å²) in [5, 5.41) is 8.84. The van der Waals surface area contributed by atoms with Crippen LogP contribution in [0.2, 0.25) is 0 Å². The van der Waals surface area contributed by atoms with E-state index in [0.717, 1.165) is 5.56 Å². The van der Waals surface area contributed by atoms with Crippen molar-refractivity contribution in [2.24, 2.45) is 5.73 Å². The Morgan fingerprint density at radius 2 is 2.29 bits per heavy atom. The van der Waals surface area contributed by atoms with Crippen molar-refractivity contribution in [2.45, 2.75) is 12.8 Å². The Balaban J connectivity index is 3.15. The van der Waals surface area contributed by atoms with Crippen LogP contribution >= 0.6 is 0 Å². The third-order valence-corrected chi connectivity index (χ3v) is 2.15. The molecule has 0 saturated carbocycles. The molecule has 0 aromatic heterocycles. The fraction of sp³-hybridized carbons (Fsp3) is 0.300. The third-order valence-electron chi connectivity index (χ3n) is 2.15. The predicted molar refractivity (Wildman–Crippen MR) is 50.6 cm³/mol. The molecule has 0 radical (unpaired) electrons. The van der Waals surface area contributed by atoms with Crippen LogP contribution in [-0.4, -0.2) is 17.6 Å². The second-order valence-electron chi connectivity index (χ2n) is 3.13. The van der Waals surface area contributed by atoms with Crippen molar-refractivity contribution in [1.82, 2.24) is 0 Å². The van der Waals surface area contributed by atoms with Crippen LogP contribution in [0.5, 0.6) is 0 Å². The van der Waals surface area contributed by atoms with E-state index in [0.29, 0.717) is 5.56 Å². The summed E-state index contributed by atoms with van der Waals surface area (Å²) in [5.74, 6) is -2.29. The summed E-state index contributed by atoms with van der Waals surface area (Å²) in [5.41, 5.74) is 6.51. The van der Waals surface area contributed by atoms with E-state index in [1.54, 1.807) is 13.0 Å². The van der Waals surface area contributed by atoms with Crippen molar-refractivity contribution in [3.05, 3.63) is 35.1 Å². The Bertz CT molecular complexity index is 352. The summed E-state index contributed by atoms with van der Waals surface area (Å²) in [6.07, 6.45) is 0. The SMILES string of the molecule is Cc1ccc(F)cc1C(CN)C(=O)O. The molecule has 0 fully saturated rings. The van der Waals surface area contributed by atoms with Crippen molar-refractivity contribution in [3.63, 3.8) is 0 Å². The first kappa shape index (κ1) is 10.7. The minimum atomic E-state index is -1.03. The number of hydrogen-bond donors (Lipinski definition) is 2. The van der Waals surface area contributed by atoms with Crippen molar-refractivity contribution in [2.75, 3.05) is 6.54 Å². The Morgan fingerprint density at radius 3 is 2.79 bits per heavy atom. The van der Waals surface area contributed by atoms with Gasteiger partial charge in [0.1, 0.15) is 5.82 Å². The minimum absolute atomic E-state index is 0.0281. The number of aryl methyl sites for hydroxylation is 1. The molecule has 4 heteroatoms. The van der Waals surface area contributed by atoms with Gasteiger partial charge in [-0.15, -0.1) is 0 Å². The van der Waals surface area contributed by atoms with Gasteiger partial charge in [0, 0.05) is 6.54 Å². The van der Waals surface area contributed by atoms with Gasteiger partial charge in [-0.2, -0.15) is 0 Å². The summed E-state index contributed by atoms with van der Waals surface area (Å²) in [6, 6.07) is 4.07. The predicted octanol–water partition coefficient (Wildman–Crippen LogP) is 1.26.